The van der Waals surface area contributed by atoms with Gasteiger partial charge in [-0.3, -0.25) is 9.69 Å². The van der Waals surface area contributed by atoms with Crippen molar-refractivity contribution in [2.24, 2.45) is 0 Å². The van der Waals surface area contributed by atoms with Gasteiger partial charge in [0.1, 0.15) is 5.70 Å². The van der Waals surface area contributed by atoms with E-state index in [-0.39, 0.29) is 5.91 Å². The van der Waals surface area contributed by atoms with Crippen molar-refractivity contribution in [3.05, 3.63) is 40.5 Å². The van der Waals surface area contributed by atoms with Crippen LogP contribution in [0.1, 0.15) is 5.56 Å². The molecule has 1 aromatic carbocycles. The van der Waals surface area contributed by atoms with Gasteiger partial charge in [-0.1, -0.05) is 23.7 Å². The largest absolute Gasteiger partial charge is 0.317 e. The van der Waals surface area contributed by atoms with Crippen molar-refractivity contribution in [1.82, 2.24) is 9.80 Å². The Kier molecular flexibility index (Phi) is 3.17. The van der Waals surface area contributed by atoms with Crippen LogP contribution in [-0.4, -0.2) is 34.9 Å². The first-order chi connectivity index (χ1) is 8.00. The van der Waals surface area contributed by atoms with Gasteiger partial charge < -0.3 is 4.90 Å². The fourth-order valence-corrected chi connectivity index (χ4v) is 1.91. The summed E-state index contributed by atoms with van der Waals surface area (Å²) in [6.45, 7) is 0. The zero-order chi connectivity index (χ0) is 12.6. The molecule has 3 nitrogen and oxygen atoms in total. The third kappa shape index (κ3) is 2.18. The molecular weight excluding hydrogens is 256 g/mol. The summed E-state index contributed by atoms with van der Waals surface area (Å²) >= 11 is 10.9. The lowest BCUT2D eigenvalue weighted by Crippen LogP contribution is -2.26. The summed E-state index contributed by atoms with van der Waals surface area (Å²) < 4.78 is 0. The van der Waals surface area contributed by atoms with Crippen molar-refractivity contribution in [2.45, 2.75) is 0 Å². The average molecular weight is 267 g/mol. The van der Waals surface area contributed by atoms with Crippen molar-refractivity contribution in [2.75, 3.05) is 14.1 Å². The van der Waals surface area contributed by atoms with Crippen LogP contribution in [-0.2, 0) is 4.79 Å². The quantitative estimate of drug-likeness (QED) is 0.576. The number of rotatable bonds is 1. The first-order valence-electron chi connectivity index (χ1n) is 5.03. The molecule has 1 aliphatic heterocycles. The highest BCUT2D eigenvalue weighted by Crippen LogP contribution is 2.21. The van der Waals surface area contributed by atoms with Crippen LogP contribution in [0.15, 0.2) is 30.0 Å². The molecule has 5 heteroatoms. The first kappa shape index (κ1) is 12.1. The maximum atomic E-state index is 11.9. The zero-order valence-corrected chi connectivity index (χ0v) is 11.0. The minimum atomic E-state index is -0.0903. The molecule has 1 fully saturated rings. The van der Waals surface area contributed by atoms with Crippen LogP contribution in [0, 0.1) is 0 Å². The van der Waals surface area contributed by atoms with Gasteiger partial charge in [-0.05, 0) is 36.0 Å². The lowest BCUT2D eigenvalue weighted by atomic mass is 10.2. The number of likely N-dealkylation sites (N-methyl/N-ethyl adjacent to an activating group) is 2. The summed E-state index contributed by atoms with van der Waals surface area (Å²) in [4.78, 5) is 15.1. The van der Waals surface area contributed by atoms with E-state index in [9.17, 15) is 4.79 Å². The van der Waals surface area contributed by atoms with E-state index in [1.54, 1.807) is 37.2 Å². The highest BCUT2D eigenvalue weighted by atomic mass is 35.5. The van der Waals surface area contributed by atoms with Crippen LogP contribution in [0.4, 0.5) is 0 Å². The Bertz CT molecular complexity index is 510. The summed E-state index contributed by atoms with van der Waals surface area (Å²) in [7, 11) is 3.45. The minimum Gasteiger partial charge on any atom is -0.317 e. The molecule has 0 spiro atoms. The number of amides is 1. The van der Waals surface area contributed by atoms with Crippen molar-refractivity contribution < 1.29 is 4.79 Å². The topological polar surface area (TPSA) is 23.6 Å². The van der Waals surface area contributed by atoms with Crippen LogP contribution in [0.25, 0.3) is 6.08 Å². The molecular formula is C12H11ClN2OS. The molecule has 0 unspecified atom stereocenters. The van der Waals surface area contributed by atoms with Crippen molar-refractivity contribution in [3.63, 3.8) is 0 Å². The zero-order valence-electron chi connectivity index (χ0n) is 9.48. The van der Waals surface area contributed by atoms with Crippen LogP contribution in [0.5, 0.6) is 0 Å². The Morgan fingerprint density at radius 2 is 1.76 bits per heavy atom. The molecule has 1 heterocycles. The molecule has 1 aliphatic rings. The summed E-state index contributed by atoms with van der Waals surface area (Å²) in [5.41, 5.74) is 1.49. The van der Waals surface area contributed by atoms with Gasteiger partial charge in [0.2, 0.25) is 0 Å². The fraction of sp³-hybridized carbons (Fsp3) is 0.167. The van der Waals surface area contributed by atoms with Crippen molar-refractivity contribution >= 4 is 40.9 Å². The van der Waals surface area contributed by atoms with Gasteiger partial charge in [0, 0.05) is 19.1 Å². The van der Waals surface area contributed by atoms with E-state index in [2.05, 4.69) is 0 Å². The molecule has 2 rings (SSSR count). The Labute approximate surface area is 110 Å². The van der Waals surface area contributed by atoms with E-state index in [0.29, 0.717) is 15.8 Å². The Morgan fingerprint density at radius 3 is 2.24 bits per heavy atom. The van der Waals surface area contributed by atoms with E-state index in [1.807, 2.05) is 12.1 Å². The number of carbonyl (C=O) groups excluding carboxylic acids is 1. The Morgan fingerprint density at radius 1 is 1.18 bits per heavy atom. The highest BCUT2D eigenvalue weighted by Gasteiger charge is 2.32. The van der Waals surface area contributed by atoms with E-state index in [1.165, 1.54) is 4.90 Å². The first-order valence-corrected chi connectivity index (χ1v) is 5.82. The molecule has 0 radical (unpaired) electrons. The number of thiocarbonyl (C=S) groups is 1. The summed E-state index contributed by atoms with van der Waals surface area (Å²) in [6.07, 6.45) is 1.80. The molecule has 1 aromatic rings. The van der Waals surface area contributed by atoms with Crippen LogP contribution >= 0.6 is 23.8 Å². The molecule has 0 aromatic heterocycles. The van der Waals surface area contributed by atoms with Crippen LogP contribution < -0.4 is 0 Å². The Hall–Kier alpha value is -1.39. The molecule has 1 amide bonds. The third-order valence-electron chi connectivity index (χ3n) is 2.63. The second kappa shape index (κ2) is 4.47. The Balaban J connectivity index is 2.37. The SMILES string of the molecule is CN1C(=O)C(=Cc2ccc(Cl)cc2)N(C)C1=S. The number of carbonyl (C=O) groups is 1. The summed E-state index contributed by atoms with van der Waals surface area (Å²) in [5.74, 6) is -0.0903. The van der Waals surface area contributed by atoms with Gasteiger partial charge in [0.25, 0.3) is 5.91 Å². The molecule has 1 saturated heterocycles. The lowest BCUT2D eigenvalue weighted by molar-refractivity contribution is -0.121. The number of halogens is 1. The van der Waals surface area contributed by atoms with E-state index >= 15 is 0 Å². The predicted octanol–water partition coefficient (Wildman–Crippen LogP) is 2.37. The number of nitrogens with zero attached hydrogens (tertiary/aromatic N) is 2. The van der Waals surface area contributed by atoms with E-state index in [0.717, 1.165) is 5.56 Å². The van der Waals surface area contributed by atoms with Gasteiger partial charge in [-0.15, -0.1) is 0 Å². The van der Waals surface area contributed by atoms with Crippen LogP contribution in [0.3, 0.4) is 0 Å². The number of benzene rings is 1. The third-order valence-corrected chi connectivity index (χ3v) is 3.43. The smallest absolute Gasteiger partial charge is 0.276 e. The normalized spacial score (nSPS) is 18.4. The van der Waals surface area contributed by atoms with Crippen molar-refractivity contribution in [3.8, 4) is 0 Å². The monoisotopic (exact) mass is 266 g/mol. The minimum absolute atomic E-state index is 0.0903. The predicted molar refractivity (Wildman–Crippen MR) is 72.6 cm³/mol. The maximum Gasteiger partial charge on any atom is 0.276 e. The lowest BCUT2D eigenvalue weighted by Gasteiger charge is -2.11. The molecule has 0 aliphatic carbocycles. The van der Waals surface area contributed by atoms with E-state index < -0.39 is 0 Å². The van der Waals surface area contributed by atoms with Crippen LogP contribution in [0.2, 0.25) is 5.02 Å². The molecule has 0 saturated carbocycles. The maximum absolute atomic E-state index is 11.9. The second-order valence-electron chi connectivity index (χ2n) is 3.79. The van der Waals surface area contributed by atoms with Gasteiger partial charge in [0.05, 0.1) is 0 Å². The number of hydrogen-bond donors (Lipinski definition) is 0. The van der Waals surface area contributed by atoms with Gasteiger partial charge in [-0.25, -0.2) is 0 Å². The molecule has 88 valence electrons. The second-order valence-corrected chi connectivity index (χ2v) is 4.59. The molecule has 17 heavy (non-hydrogen) atoms. The van der Waals surface area contributed by atoms with E-state index in [4.69, 9.17) is 23.8 Å². The van der Waals surface area contributed by atoms with Gasteiger partial charge in [-0.2, -0.15) is 0 Å². The average Bonchev–Trinajstić information content (AvgIpc) is 2.50. The van der Waals surface area contributed by atoms with Crippen molar-refractivity contribution in [1.29, 1.82) is 0 Å². The highest BCUT2D eigenvalue weighted by molar-refractivity contribution is 7.80. The van der Waals surface area contributed by atoms with Gasteiger partial charge >= 0.3 is 0 Å². The number of hydrogen-bond acceptors (Lipinski definition) is 2. The summed E-state index contributed by atoms with van der Waals surface area (Å²) in [6, 6.07) is 7.29. The van der Waals surface area contributed by atoms with Gasteiger partial charge in [0.15, 0.2) is 5.11 Å². The molecule has 0 bridgehead atoms. The fourth-order valence-electron chi connectivity index (χ4n) is 1.61. The standard InChI is InChI=1S/C12H11ClN2OS/c1-14-10(11(16)15(2)12(14)17)7-8-3-5-9(13)6-4-8/h3-7H,1-2H3. The molecule has 0 atom stereocenters. The molecule has 0 N–H and O–H groups in total. The summed E-state index contributed by atoms with van der Waals surface area (Å²) in [5, 5.41) is 1.18.